The molecule has 0 spiro atoms. The molecule has 0 saturated heterocycles. The first-order valence-electron chi connectivity index (χ1n) is 6.47. The molecule has 18 heavy (non-hydrogen) atoms. The molecule has 4 heteroatoms. The van der Waals surface area contributed by atoms with Gasteiger partial charge in [-0.3, -0.25) is 9.78 Å². The summed E-state index contributed by atoms with van der Waals surface area (Å²) in [6.07, 6.45) is 2.46. The smallest absolute Gasteiger partial charge is 0.253 e. The molecule has 98 valence electrons. The lowest BCUT2D eigenvalue weighted by Crippen LogP contribution is -2.29. The second-order valence-corrected chi connectivity index (χ2v) is 5.13. The summed E-state index contributed by atoms with van der Waals surface area (Å²) in [5.74, 6) is 0.337. The van der Waals surface area contributed by atoms with E-state index >= 15 is 0 Å². The molecule has 0 bridgehead atoms. The van der Waals surface area contributed by atoms with E-state index < -0.39 is 0 Å². The monoisotopic (exact) mass is 248 g/mol. The summed E-state index contributed by atoms with van der Waals surface area (Å²) in [6, 6.07) is 3.66. The minimum absolute atomic E-state index is 0.0682. The lowest BCUT2D eigenvalue weighted by atomic mass is 10.1. The van der Waals surface area contributed by atoms with Gasteiger partial charge >= 0.3 is 0 Å². The molecule has 4 nitrogen and oxygen atoms in total. The van der Waals surface area contributed by atoms with Crippen molar-refractivity contribution in [3.05, 3.63) is 29.1 Å². The average molecular weight is 248 g/mol. The molecule has 1 aromatic heterocycles. The van der Waals surface area contributed by atoms with Crippen LogP contribution in [0.3, 0.4) is 0 Å². The number of aliphatic hydroxyl groups is 1. The van der Waals surface area contributed by atoms with E-state index in [4.69, 9.17) is 0 Å². The van der Waals surface area contributed by atoms with E-state index in [0.717, 1.165) is 30.7 Å². The Morgan fingerprint density at radius 1 is 1.44 bits per heavy atom. The maximum atomic E-state index is 12.0. The molecule has 2 rings (SSSR count). The van der Waals surface area contributed by atoms with E-state index in [-0.39, 0.29) is 12.0 Å². The van der Waals surface area contributed by atoms with E-state index in [0.29, 0.717) is 18.0 Å². The maximum absolute atomic E-state index is 12.0. The lowest BCUT2D eigenvalue weighted by Gasteiger charge is -2.12. The van der Waals surface area contributed by atoms with E-state index in [2.05, 4.69) is 10.3 Å². The van der Waals surface area contributed by atoms with Crippen molar-refractivity contribution < 1.29 is 9.90 Å². The molecule has 1 amide bonds. The van der Waals surface area contributed by atoms with E-state index in [1.165, 1.54) is 0 Å². The number of rotatable bonds is 3. The van der Waals surface area contributed by atoms with Crippen LogP contribution in [0.25, 0.3) is 0 Å². The number of hydrogen-bond acceptors (Lipinski definition) is 3. The van der Waals surface area contributed by atoms with E-state index in [1.807, 2.05) is 26.0 Å². The second-order valence-electron chi connectivity index (χ2n) is 5.13. The quantitative estimate of drug-likeness (QED) is 0.854. The van der Waals surface area contributed by atoms with Gasteiger partial charge in [-0.15, -0.1) is 0 Å². The summed E-state index contributed by atoms with van der Waals surface area (Å²) in [6.45, 7) is 4.40. The summed E-state index contributed by atoms with van der Waals surface area (Å²) in [7, 11) is 0. The predicted octanol–water partition coefficient (Wildman–Crippen LogP) is 1.59. The molecular weight excluding hydrogens is 228 g/mol. The molecular formula is C14H20N2O2. The number of pyridine rings is 1. The molecule has 0 radical (unpaired) electrons. The number of aliphatic hydroxyl groups excluding tert-OH is 1. The molecule has 1 aliphatic rings. The third kappa shape index (κ3) is 3.07. The summed E-state index contributed by atoms with van der Waals surface area (Å²) in [4.78, 5) is 16.3. The number of nitrogens with zero attached hydrogens (tertiary/aromatic N) is 1. The summed E-state index contributed by atoms with van der Waals surface area (Å²) in [5.41, 5.74) is 2.32. The van der Waals surface area contributed by atoms with Crippen LogP contribution in [0.1, 0.15) is 41.0 Å². The SMILES string of the molecule is Cc1ccc(C(=O)NCC2CCC(O)C2)c(C)n1. The van der Waals surface area contributed by atoms with Crippen LogP contribution in [0, 0.1) is 19.8 Å². The van der Waals surface area contributed by atoms with Crippen molar-refractivity contribution in [3.8, 4) is 0 Å². The number of carbonyl (C=O) groups is 1. The van der Waals surface area contributed by atoms with Crippen LogP contribution in [0.2, 0.25) is 0 Å². The number of aromatic nitrogens is 1. The van der Waals surface area contributed by atoms with Gasteiger partial charge in [0.15, 0.2) is 0 Å². The number of amides is 1. The highest BCUT2D eigenvalue weighted by molar-refractivity contribution is 5.95. The Hall–Kier alpha value is -1.42. The Labute approximate surface area is 107 Å². The van der Waals surface area contributed by atoms with Gasteiger partial charge in [0.25, 0.3) is 5.91 Å². The van der Waals surface area contributed by atoms with Crippen molar-refractivity contribution in [3.63, 3.8) is 0 Å². The first kappa shape index (κ1) is 13.0. The van der Waals surface area contributed by atoms with Gasteiger partial charge in [0.1, 0.15) is 0 Å². The summed E-state index contributed by atoms with van der Waals surface area (Å²) < 4.78 is 0. The average Bonchev–Trinajstić information content (AvgIpc) is 2.72. The number of nitrogens with one attached hydrogen (secondary N) is 1. The Morgan fingerprint density at radius 3 is 2.83 bits per heavy atom. The minimum atomic E-state index is -0.185. The Kier molecular flexibility index (Phi) is 3.97. The molecule has 0 aromatic carbocycles. The third-order valence-corrected chi connectivity index (χ3v) is 3.53. The van der Waals surface area contributed by atoms with Crippen LogP contribution in [0.15, 0.2) is 12.1 Å². The number of aryl methyl sites for hydroxylation is 2. The van der Waals surface area contributed by atoms with Gasteiger partial charge in [-0.05, 0) is 51.2 Å². The first-order chi connectivity index (χ1) is 8.56. The molecule has 2 unspecified atom stereocenters. The fourth-order valence-electron chi connectivity index (χ4n) is 2.49. The van der Waals surface area contributed by atoms with Crippen LogP contribution >= 0.6 is 0 Å². The highest BCUT2D eigenvalue weighted by Gasteiger charge is 2.23. The molecule has 0 aliphatic heterocycles. The van der Waals surface area contributed by atoms with Crippen molar-refractivity contribution in [2.75, 3.05) is 6.54 Å². The number of carbonyl (C=O) groups excluding carboxylic acids is 1. The molecule has 1 heterocycles. The summed E-state index contributed by atoms with van der Waals surface area (Å²) in [5, 5.41) is 12.4. The molecule has 2 atom stereocenters. The largest absolute Gasteiger partial charge is 0.393 e. The van der Waals surface area contributed by atoms with Crippen LogP contribution in [-0.2, 0) is 0 Å². The molecule has 1 aliphatic carbocycles. The van der Waals surface area contributed by atoms with Gasteiger partial charge in [0, 0.05) is 12.2 Å². The summed E-state index contributed by atoms with van der Waals surface area (Å²) >= 11 is 0. The zero-order valence-corrected chi connectivity index (χ0v) is 10.9. The van der Waals surface area contributed by atoms with Gasteiger partial charge in [0.05, 0.1) is 17.4 Å². The highest BCUT2D eigenvalue weighted by atomic mass is 16.3. The van der Waals surface area contributed by atoms with Gasteiger partial charge in [-0.25, -0.2) is 0 Å². The third-order valence-electron chi connectivity index (χ3n) is 3.53. The zero-order valence-electron chi connectivity index (χ0n) is 10.9. The van der Waals surface area contributed by atoms with Crippen LogP contribution < -0.4 is 5.32 Å². The van der Waals surface area contributed by atoms with E-state index in [1.54, 1.807) is 0 Å². The predicted molar refractivity (Wildman–Crippen MR) is 69.4 cm³/mol. The van der Waals surface area contributed by atoms with Gasteiger partial charge < -0.3 is 10.4 Å². The first-order valence-corrected chi connectivity index (χ1v) is 6.47. The van der Waals surface area contributed by atoms with Crippen molar-refractivity contribution >= 4 is 5.91 Å². The molecule has 1 fully saturated rings. The van der Waals surface area contributed by atoms with Crippen molar-refractivity contribution in [1.82, 2.24) is 10.3 Å². The minimum Gasteiger partial charge on any atom is -0.393 e. The van der Waals surface area contributed by atoms with Crippen LogP contribution in [0.5, 0.6) is 0 Å². The standard InChI is InChI=1S/C14H20N2O2/c1-9-3-6-13(10(2)16-9)14(18)15-8-11-4-5-12(17)7-11/h3,6,11-12,17H,4-5,7-8H2,1-2H3,(H,15,18). The fourth-order valence-corrected chi connectivity index (χ4v) is 2.49. The lowest BCUT2D eigenvalue weighted by molar-refractivity contribution is 0.0944. The molecule has 1 aromatic rings. The van der Waals surface area contributed by atoms with E-state index in [9.17, 15) is 9.90 Å². The van der Waals surface area contributed by atoms with Crippen molar-refractivity contribution in [2.24, 2.45) is 5.92 Å². The molecule has 1 saturated carbocycles. The van der Waals surface area contributed by atoms with Gasteiger partial charge in [0.2, 0.25) is 0 Å². The van der Waals surface area contributed by atoms with Crippen molar-refractivity contribution in [1.29, 1.82) is 0 Å². The zero-order chi connectivity index (χ0) is 13.1. The highest BCUT2D eigenvalue weighted by Crippen LogP contribution is 2.24. The van der Waals surface area contributed by atoms with Gasteiger partial charge in [-0.2, -0.15) is 0 Å². The Morgan fingerprint density at radius 2 is 2.22 bits per heavy atom. The second kappa shape index (κ2) is 5.48. The molecule has 2 N–H and O–H groups in total. The van der Waals surface area contributed by atoms with Crippen LogP contribution in [-0.4, -0.2) is 28.6 Å². The Balaban J connectivity index is 1.91. The number of hydrogen-bond donors (Lipinski definition) is 2. The Bertz CT molecular complexity index is 445. The van der Waals surface area contributed by atoms with Crippen LogP contribution in [0.4, 0.5) is 0 Å². The fraction of sp³-hybridized carbons (Fsp3) is 0.571. The normalized spacial score (nSPS) is 23.1. The maximum Gasteiger partial charge on any atom is 0.253 e. The topological polar surface area (TPSA) is 62.2 Å². The van der Waals surface area contributed by atoms with Gasteiger partial charge in [-0.1, -0.05) is 0 Å². The van der Waals surface area contributed by atoms with Crippen molar-refractivity contribution in [2.45, 2.75) is 39.2 Å².